The largest absolute Gasteiger partial charge is 0.497 e. The second-order valence-electron chi connectivity index (χ2n) is 5.41. The third kappa shape index (κ3) is 3.61. The van der Waals surface area contributed by atoms with Crippen molar-refractivity contribution in [2.24, 2.45) is 5.73 Å². The van der Waals surface area contributed by atoms with Gasteiger partial charge in [0.25, 0.3) is 0 Å². The van der Waals surface area contributed by atoms with Crippen LogP contribution in [0.25, 0.3) is 0 Å². The molecule has 0 unspecified atom stereocenters. The summed E-state index contributed by atoms with van der Waals surface area (Å²) >= 11 is 0. The summed E-state index contributed by atoms with van der Waals surface area (Å²) in [5.41, 5.74) is 8.55. The number of ether oxygens (including phenoxy) is 2. The minimum absolute atomic E-state index is 0.0685. The molecule has 1 aromatic rings. The summed E-state index contributed by atoms with van der Waals surface area (Å²) in [6.45, 7) is 3.92. The van der Waals surface area contributed by atoms with E-state index >= 15 is 0 Å². The van der Waals surface area contributed by atoms with Gasteiger partial charge >= 0.3 is 0 Å². The van der Waals surface area contributed by atoms with Crippen molar-refractivity contribution in [2.75, 3.05) is 27.3 Å². The van der Waals surface area contributed by atoms with Gasteiger partial charge in [0.2, 0.25) is 0 Å². The zero-order valence-corrected chi connectivity index (χ0v) is 12.1. The molecule has 0 bridgehead atoms. The molecule has 4 heteroatoms. The third-order valence-electron chi connectivity index (χ3n) is 3.78. The summed E-state index contributed by atoms with van der Waals surface area (Å²) in [4.78, 5) is 0. The summed E-state index contributed by atoms with van der Waals surface area (Å²) in [5.74, 6) is 1.73. The molecule has 1 aromatic carbocycles. The maximum atomic E-state index is 6.05. The van der Waals surface area contributed by atoms with Crippen LogP contribution in [0.15, 0.2) is 12.1 Å². The molecule has 0 amide bonds. The molecule has 0 saturated heterocycles. The Morgan fingerprint density at radius 1 is 1.26 bits per heavy atom. The number of benzene rings is 1. The summed E-state index contributed by atoms with van der Waals surface area (Å²) in [6.07, 6.45) is 3.23. The average Bonchev–Trinajstić information content (AvgIpc) is 3.13. The molecular weight excluding hydrogens is 240 g/mol. The van der Waals surface area contributed by atoms with E-state index in [2.05, 4.69) is 12.2 Å². The standard InChI is InChI=1S/C15H24N2O2/c1-11-8-12(18-2)9-14(19-3)13(11)4-7-17-10-15(16)5-6-15/h8-9,17H,4-7,10,16H2,1-3H3. The lowest BCUT2D eigenvalue weighted by Gasteiger charge is -2.15. The number of hydrogen-bond donors (Lipinski definition) is 2. The SMILES string of the molecule is COc1cc(C)c(CCNCC2(N)CC2)c(OC)c1. The van der Waals surface area contributed by atoms with Crippen molar-refractivity contribution < 1.29 is 9.47 Å². The van der Waals surface area contributed by atoms with Gasteiger partial charge in [-0.3, -0.25) is 0 Å². The molecule has 19 heavy (non-hydrogen) atoms. The predicted molar refractivity (Wildman–Crippen MR) is 77.0 cm³/mol. The number of nitrogens with two attached hydrogens (primary N) is 1. The number of methoxy groups -OCH3 is 2. The second kappa shape index (κ2) is 5.80. The van der Waals surface area contributed by atoms with E-state index in [1.54, 1.807) is 14.2 Å². The molecule has 0 spiro atoms. The highest BCUT2D eigenvalue weighted by molar-refractivity contribution is 5.46. The molecule has 1 aliphatic rings. The Balaban J connectivity index is 1.94. The van der Waals surface area contributed by atoms with Crippen LogP contribution in [0, 0.1) is 6.92 Å². The number of rotatable bonds is 7. The van der Waals surface area contributed by atoms with Gasteiger partial charge in [-0.15, -0.1) is 0 Å². The summed E-state index contributed by atoms with van der Waals surface area (Å²) in [7, 11) is 3.37. The molecule has 0 aliphatic heterocycles. The van der Waals surface area contributed by atoms with Crippen molar-refractivity contribution >= 4 is 0 Å². The first kappa shape index (κ1) is 14.2. The highest BCUT2D eigenvalue weighted by Crippen LogP contribution is 2.31. The molecule has 3 N–H and O–H groups in total. The van der Waals surface area contributed by atoms with Gasteiger partial charge in [-0.1, -0.05) is 0 Å². The van der Waals surface area contributed by atoms with Crippen molar-refractivity contribution in [3.63, 3.8) is 0 Å². The van der Waals surface area contributed by atoms with Crippen LogP contribution < -0.4 is 20.5 Å². The normalized spacial score (nSPS) is 16.2. The van der Waals surface area contributed by atoms with Gasteiger partial charge in [-0.05, 0) is 49.9 Å². The van der Waals surface area contributed by atoms with Crippen molar-refractivity contribution in [1.82, 2.24) is 5.32 Å². The van der Waals surface area contributed by atoms with Gasteiger partial charge in [0.15, 0.2) is 0 Å². The van der Waals surface area contributed by atoms with Gasteiger partial charge in [-0.2, -0.15) is 0 Å². The monoisotopic (exact) mass is 264 g/mol. The van der Waals surface area contributed by atoms with Crippen LogP contribution in [0.3, 0.4) is 0 Å². The quantitative estimate of drug-likeness (QED) is 0.735. The minimum atomic E-state index is 0.0685. The fourth-order valence-corrected chi connectivity index (χ4v) is 2.26. The van der Waals surface area contributed by atoms with Crippen molar-refractivity contribution in [3.05, 3.63) is 23.3 Å². The Hall–Kier alpha value is -1.26. The van der Waals surface area contributed by atoms with Crippen LogP contribution in [-0.4, -0.2) is 32.8 Å². The van der Waals surface area contributed by atoms with Crippen LogP contribution in [-0.2, 0) is 6.42 Å². The van der Waals surface area contributed by atoms with E-state index in [-0.39, 0.29) is 5.54 Å². The first-order chi connectivity index (χ1) is 9.08. The lowest BCUT2D eigenvalue weighted by Crippen LogP contribution is -2.36. The molecule has 0 radical (unpaired) electrons. The lowest BCUT2D eigenvalue weighted by atomic mass is 10.0. The van der Waals surface area contributed by atoms with E-state index in [1.165, 1.54) is 11.1 Å². The van der Waals surface area contributed by atoms with Crippen molar-refractivity contribution in [2.45, 2.75) is 31.7 Å². The fraction of sp³-hybridized carbons (Fsp3) is 0.600. The van der Waals surface area contributed by atoms with Gasteiger partial charge in [-0.25, -0.2) is 0 Å². The Labute approximate surface area is 115 Å². The maximum Gasteiger partial charge on any atom is 0.126 e. The molecule has 0 heterocycles. The van der Waals surface area contributed by atoms with Gasteiger partial charge in [0.05, 0.1) is 14.2 Å². The zero-order chi connectivity index (χ0) is 13.9. The van der Waals surface area contributed by atoms with Gasteiger partial charge < -0.3 is 20.5 Å². The minimum Gasteiger partial charge on any atom is -0.497 e. The van der Waals surface area contributed by atoms with Crippen molar-refractivity contribution in [3.8, 4) is 11.5 Å². The Morgan fingerprint density at radius 3 is 2.58 bits per heavy atom. The zero-order valence-electron chi connectivity index (χ0n) is 12.1. The lowest BCUT2D eigenvalue weighted by molar-refractivity contribution is 0.390. The predicted octanol–water partition coefficient (Wildman–Crippen LogP) is 1.64. The highest BCUT2D eigenvalue weighted by atomic mass is 16.5. The van der Waals surface area contributed by atoms with Crippen LogP contribution in [0.4, 0.5) is 0 Å². The summed E-state index contributed by atoms with van der Waals surface area (Å²) < 4.78 is 10.7. The van der Waals surface area contributed by atoms with E-state index in [0.29, 0.717) is 0 Å². The van der Waals surface area contributed by atoms with E-state index in [1.807, 2.05) is 12.1 Å². The molecule has 1 saturated carbocycles. The summed E-state index contributed by atoms with van der Waals surface area (Å²) in [5, 5.41) is 3.43. The number of aryl methyl sites for hydroxylation is 1. The number of nitrogens with one attached hydrogen (secondary N) is 1. The van der Waals surface area contributed by atoms with E-state index < -0.39 is 0 Å². The van der Waals surface area contributed by atoms with E-state index in [9.17, 15) is 0 Å². The third-order valence-corrected chi connectivity index (χ3v) is 3.78. The van der Waals surface area contributed by atoms with Crippen LogP contribution >= 0.6 is 0 Å². The molecule has 106 valence electrons. The van der Waals surface area contributed by atoms with Crippen LogP contribution in [0.2, 0.25) is 0 Å². The smallest absolute Gasteiger partial charge is 0.126 e. The van der Waals surface area contributed by atoms with Gasteiger partial charge in [0, 0.05) is 18.2 Å². The van der Waals surface area contributed by atoms with E-state index in [4.69, 9.17) is 15.2 Å². The van der Waals surface area contributed by atoms with Gasteiger partial charge in [0.1, 0.15) is 11.5 Å². The average molecular weight is 264 g/mol. The molecule has 2 rings (SSSR count). The van der Waals surface area contributed by atoms with Crippen LogP contribution in [0.5, 0.6) is 11.5 Å². The highest BCUT2D eigenvalue weighted by Gasteiger charge is 2.37. The Morgan fingerprint density at radius 2 is 2.00 bits per heavy atom. The molecule has 1 aliphatic carbocycles. The molecule has 1 fully saturated rings. The summed E-state index contributed by atoms with van der Waals surface area (Å²) in [6, 6.07) is 3.98. The second-order valence-corrected chi connectivity index (χ2v) is 5.41. The number of hydrogen-bond acceptors (Lipinski definition) is 4. The first-order valence-electron chi connectivity index (χ1n) is 6.79. The molecule has 4 nitrogen and oxygen atoms in total. The Kier molecular flexibility index (Phi) is 4.32. The van der Waals surface area contributed by atoms with Crippen LogP contribution in [0.1, 0.15) is 24.0 Å². The maximum absolute atomic E-state index is 6.05. The van der Waals surface area contributed by atoms with E-state index in [0.717, 1.165) is 43.9 Å². The first-order valence-corrected chi connectivity index (χ1v) is 6.79. The molecule has 0 aromatic heterocycles. The topological polar surface area (TPSA) is 56.5 Å². The molecule has 0 atom stereocenters. The Bertz CT molecular complexity index is 442. The fourth-order valence-electron chi connectivity index (χ4n) is 2.26. The van der Waals surface area contributed by atoms with Crippen molar-refractivity contribution in [1.29, 1.82) is 0 Å². The molecular formula is C15H24N2O2.